The molecule has 0 unspecified atom stereocenters. The zero-order chi connectivity index (χ0) is 41.0. The van der Waals surface area contributed by atoms with E-state index in [-0.39, 0.29) is 0 Å². The number of pyridine rings is 2. The molecule has 5 heterocycles. The van der Waals surface area contributed by atoms with Crippen molar-refractivity contribution in [3.63, 3.8) is 0 Å². The number of para-hydroxylation sites is 3. The second-order valence-electron chi connectivity index (χ2n) is 15.8. The molecule has 6 heteroatoms. The number of fused-ring (bicyclic) bond motifs is 6. The molecule has 11 aromatic rings. The quantitative estimate of drug-likeness (QED) is 0.161. The Hall–Kier alpha value is -8.22. The van der Waals surface area contributed by atoms with Gasteiger partial charge in [-0.3, -0.25) is 9.97 Å². The summed E-state index contributed by atoms with van der Waals surface area (Å²) in [6, 6.07) is 58.8. The average Bonchev–Trinajstić information content (AvgIpc) is 3.87. The molecule has 0 atom stereocenters. The number of benzene rings is 6. The van der Waals surface area contributed by atoms with Gasteiger partial charge in [-0.1, -0.05) is 103 Å². The molecule has 6 nitrogen and oxygen atoms in total. The number of hydrogen-bond acceptors (Lipinski definition) is 4. The number of rotatable bonds is 7. The van der Waals surface area contributed by atoms with Crippen LogP contribution in [0.4, 0.5) is 0 Å². The molecule has 12 rings (SSSR count). The zero-order valence-electron chi connectivity index (χ0n) is 33.7. The highest BCUT2D eigenvalue weighted by Gasteiger charge is 2.19. The largest absolute Gasteiger partial charge is 0.309 e. The maximum Gasteiger partial charge on any atom is 0.160 e. The summed E-state index contributed by atoms with van der Waals surface area (Å²) in [6.07, 6.45) is 16.3. The summed E-state index contributed by atoms with van der Waals surface area (Å²) >= 11 is 0. The van der Waals surface area contributed by atoms with Crippen LogP contribution in [0.3, 0.4) is 0 Å². The van der Waals surface area contributed by atoms with Gasteiger partial charge in [-0.2, -0.15) is 0 Å². The van der Waals surface area contributed by atoms with Gasteiger partial charge in [0.25, 0.3) is 0 Å². The summed E-state index contributed by atoms with van der Waals surface area (Å²) in [5.74, 6) is 0.654. The molecule has 0 bridgehead atoms. The predicted molar refractivity (Wildman–Crippen MR) is 254 cm³/mol. The smallest absolute Gasteiger partial charge is 0.160 e. The fourth-order valence-electron chi connectivity index (χ4n) is 9.21. The van der Waals surface area contributed by atoms with Crippen molar-refractivity contribution < 1.29 is 0 Å². The van der Waals surface area contributed by atoms with Crippen LogP contribution in [0.5, 0.6) is 0 Å². The number of allylic oxidation sites excluding steroid dienone is 4. The van der Waals surface area contributed by atoms with E-state index in [1.807, 2.05) is 30.3 Å². The molecular weight excluding hydrogens is 757 g/mol. The van der Waals surface area contributed by atoms with Gasteiger partial charge in [0.15, 0.2) is 5.82 Å². The summed E-state index contributed by atoms with van der Waals surface area (Å²) in [4.78, 5) is 18.6. The van der Waals surface area contributed by atoms with Crippen molar-refractivity contribution in [3.8, 4) is 56.4 Å². The molecule has 62 heavy (non-hydrogen) atoms. The van der Waals surface area contributed by atoms with Gasteiger partial charge >= 0.3 is 0 Å². The molecular formula is C56H38N6. The fourth-order valence-corrected chi connectivity index (χ4v) is 9.21. The number of nitrogens with zero attached hydrogens (tertiary/aromatic N) is 6. The summed E-state index contributed by atoms with van der Waals surface area (Å²) in [7, 11) is 0. The van der Waals surface area contributed by atoms with Crippen molar-refractivity contribution in [2.24, 2.45) is 0 Å². The Labute approximate surface area is 358 Å². The van der Waals surface area contributed by atoms with Crippen LogP contribution in [0, 0.1) is 0 Å². The van der Waals surface area contributed by atoms with E-state index in [0.717, 1.165) is 63.4 Å². The standard InChI is InChI=1S/C56H38N6/c1-2-10-37(11-3-1)42-22-23-55-49(34-42)48-14-6-9-17-54(48)62(55)45-33-43(32-44(35-45)61-52-15-7-4-12-46(52)47-13-5-8-16-53(47)61)38-18-20-41(21-19-38)56-59-50(39-24-28-57-29-25-39)36-51(60-56)40-26-30-58-31-27-40/h2,4-36H,1,3H2. The molecule has 0 saturated carbocycles. The van der Waals surface area contributed by atoms with Gasteiger partial charge in [0.2, 0.25) is 0 Å². The minimum atomic E-state index is 0.654. The number of aromatic nitrogens is 6. The van der Waals surface area contributed by atoms with Gasteiger partial charge in [-0.05, 0) is 114 Å². The van der Waals surface area contributed by atoms with Gasteiger partial charge in [0.05, 0.1) is 33.5 Å². The molecule has 0 aliphatic heterocycles. The Kier molecular flexibility index (Phi) is 8.52. The average molecular weight is 795 g/mol. The first-order chi connectivity index (χ1) is 30.7. The third-order valence-electron chi connectivity index (χ3n) is 12.2. The minimum absolute atomic E-state index is 0.654. The van der Waals surface area contributed by atoms with E-state index >= 15 is 0 Å². The Balaban J connectivity index is 1.05. The van der Waals surface area contributed by atoms with E-state index in [0.29, 0.717) is 5.82 Å². The Morgan fingerprint density at radius 3 is 1.42 bits per heavy atom. The minimum Gasteiger partial charge on any atom is -0.309 e. The molecule has 0 amide bonds. The van der Waals surface area contributed by atoms with Crippen molar-refractivity contribution in [1.82, 2.24) is 29.1 Å². The van der Waals surface area contributed by atoms with Gasteiger partial charge in [-0.15, -0.1) is 0 Å². The van der Waals surface area contributed by atoms with Gasteiger partial charge in [0, 0.05) is 74.4 Å². The second-order valence-corrected chi connectivity index (χ2v) is 15.8. The molecule has 0 radical (unpaired) electrons. The molecule has 6 aromatic carbocycles. The highest BCUT2D eigenvalue weighted by Crippen LogP contribution is 2.39. The molecule has 5 aromatic heterocycles. The van der Waals surface area contributed by atoms with Crippen molar-refractivity contribution in [2.75, 3.05) is 0 Å². The van der Waals surface area contributed by atoms with E-state index in [4.69, 9.17) is 9.97 Å². The molecule has 1 aliphatic rings. The first-order valence-electron chi connectivity index (χ1n) is 21.1. The van der Waals surface area contributed by atoms with Gasteiger partial charge in [0.1, 0.15) is 0 Å². The van der Waals surface area contributed by atoms with E-state index in [9.17, 15) is 0 Å². The van der Waals surface area contributed by atoms with Crippen molar-refractivity contribution in [3.05, 3.63) is 212 Å². The van der Waals surface area contributed by atoms with Crippen LogP contribution in [0.1, 0.15) is 18.4 Å². The van der Waals surface area contributed by atoms with Crippen LogP contribution in [0.2, 0.25) is 0 Å². The normalized spacial score (nSPS) is 12.7. The first-order valence-corrected chi connectivity index (χ1v) is 21.1. The highest BCUT2D eigenvalue weighted by molar-refractivity contribution is 6.11. The molecule has 0 fully saturated rings. The van der Waals surface area contributed by atoms with Crippen LogP contribution >= 0.6 is 0 Å². The lowest BCUT2D eigenvalue weighted by molar-refractivity contribution is 1.04. The van der Waals surface area contributed by atoms with Gasteiger partial charge in [-0.25, -0.2) is 9.97 Å². The molecule has 0 saturated heterocycles. The Morgan fingerprint density at radius 2 is 0.871 bits per heavy atom. The zero-order valence-corrected chi connectivity index (χ0v) is 33.7. The van der Waals surface area contributed by atoms with E-state index in [2.05, 4.69) is 171 Å². The molecule has 0 N–H and O–H groups in total. The Morgan fingerprint density at radius 1 is 0.371 bits per heavy atom. The lowest BCUT2D eigenvalue weighted by Gasteiger charge is -2.16. The van der Waals surface area contributed by atoms with Crippen molar-refractivity contribution in [1.29, 1.82) is 0 Å². The summed E-state index contributed by atoms with van der Waals surface area (Å²) < 4.78 is 4.85. The molecule has 0 spiro atoms. The second kappa shape index (κ2) is 14.8. The lowest BCUT2D eigenvalue weighted by atomic mass is 9.98. The van der Waals surface area contributed by atoms with Crippen LogP contribution in [-0.2, 0) is 0 Å². The third-order valence-corrected chi connectivity index (χ3v) is 12.2. The maximum absolute atomic E-state index is 5.08. The monoisotopic (exact) mass is 794 g/mol. The van der Waals surface area contributed by atoms with E-state index < -0.39 is 0 Å². The van der Waals surface area contributed by atoms with Crippen LogP contribution in [0.25, 0.3) is 106 Å². The van der Waals surface area contributed by atoms with E-state index in [1.165, 1.54) is 54.7 Å². The van der Waals surface area contributed by atoms with Crippen molar-refractivity contribution >= 4 is 49.2 Å². The first kappa shape index (κ1) is 35.7. The topological polar surface area (TPSA) is 61.4 Å². The van der Waals surface area contributed by atoms with Crippen LogP contribution < -0.4 is 0 Å². The molecule has 1 aliphatic carbocycles. The Bertz CT molecular complexity index is 3450. The maximum atomic E-state index is 5.08. The highest BCUT2D eigenvalue weighted by atomic mass is 15.0. The SMILES string of the molecule is C1=CC(c2ccc3c(c2)c2ccccc2n3-c2cc(-c3ccc(-c4nc(-c5ccncc5)cc(-c5ccncc5)n4)cc3)cc(-n3c4ccccc4c4ccccc43)c2)=CCC1. The van der Waals surface area contributed by atoms with Crippen LogP contribution in [0.15, 0.2) is 207 Å². The van der Waals surface area contributed by atoms with Crippen LogP contribution in [-0.4, -0.2) is 29.1 Å². The van der Waals surface area contributed by atoms with E-state index in [1.54, 1.807) is 24.8 Å². The third kappa shape index (κ3) is 6.11. The summed E-state index contributed by atoms with van der Waals surface area (Å²) in [5, 5.41) is 4.94. The fraction of sp³-hybridized carbons (Fsp3) is 0.0357. The lowest BCUT2D eigenvalue weighted by Crippen LogP contribution is -2.00. The summed E-state index contributed by atoms with van der Waals surface area (Å²) in [6.45, 7) is 0. The molecule has 292 valence electrons. The number of hydrogen-bond donors (Lipinski definition) is 0. The van der Waals surface area contributed by atoms with Crippen molar-refractivity contribution in [2.45, 2.75) is 12.8 Å². The predicted octanol–water partition coefficient (Wildman–Crippen LogP) is 13.9. The van der Waals surface area contributed by atoms with Gasteiger partial charge < -0.3 is 9.13 Å². The summed E-state index contributed by atoms with van der Waals surface area (Å²) in [5.41, 5.74) is 16.2.